The first-order valence-electron chi connectivity index (χ1n) is 19.1. The van der Waals surface area contributed by atoms with Crippen LogP contribution in [0.1, 0.15) is 95.0 Å². The lowest BCUT2D eigenvalue weighted by Crippen LogP contribution is -2.56. The first-order valence-corrected chi connectivity index (χ1v) is 20.0. The van der Waals surface area contributed by atoms with Crippen LogP contribution in [-0.4, -0.2) is 82.4 Å². The van der Waals surface area contributed by atoms with Gasteiger partial charge in [-0.05, 0) is 73.6 Å². The van der Waals surface area contributed by atoms with E-state index in [1.54, 1.807) is 18.4 Å². The number of ether oxygens (including phenoxy) is 1. The summed E-state index contributed by atoms with van der Waals surface area (Å²) in [6, 6.07) is 14.5. The molecule has 302 valence electrons. The molecule has 0 radical (unpaired) electrons. The van der Waals surface area contributed by atoms with Gasteiger partial charge in [0.05, 0.1) is 40.9 Å². The monoisotopic (exact) mass is 797 g/mol. The predicted octanol–water partition coefficient (Wildman–Crippen LogP) is 5.71. The fraction of sp³-hybridized carbons (Fsp3) is 0.548. The summed E-state index contributed by atoms with van der Waals surface area (Å²) in [7, 11) is 1.61. The summed E-state index contributed by atoms with van der Waals surface area (Å²) in [5, 5.41) is 16.1. The zero-order valence-corrected chi connectivity index (χ0v) is 34.8. The van der Waals surface area contributed by atoms with Crippen LogP contribution in [-0.2, 0) is 43.4 Å². The third-order valence-corrected chi connectivity index (χ3v) is 11.2. The molecule has 55 heavy (non-hydrogen) atoms. The molecule has 5 N–H and O–H groups in total. The van der Waals surface area contributed by atoms with Crippen molar-refractivity contribution >= 4 is 47.2 Å². The first-order chi connectivity index (χ1) is 25.7. The van der Waals surface area contributed by atoms with Gasteiger partial charge in [0.25, 0.3) is 0 Å². The highest BCUT2D eigenvalue weighted by Crippen LogP contribution is 2.29. The van der Waals surface area contributed by atoms with E-state index in [0.29, 0.717) is 32.3 Å². The maximum absolute atomic E-state index is 14.0. The number of carbonyl (C=O) groups excluding carboxylic acids is 4. The lowest BCUT2D eigenvalue weighted by Gasteiger charge is -2.35. The highest BCUT2D eigenvalue weighted by molar-refractivity contribution is 7.13. The van der Waals surface area contributed by atoms with E-state index >= 15 is 0 Å². The Balaban J connectivity index is 0.00000812. The van der Waals surface area contributed by atoms with Gasteiger partial charge >= 0.3 is 0 Å². The molecule has 1 aliphatic rings. The number of nitrogens with two attached hydrogens (primary N) is 1. The number of thiazole rings is 1. The van der Waals surface area contributed by atoms with Gasteiger partial charge in [0.1, 0.15) is 6.04 Å². The maximum Gasteiger partial charge on any atom is 0.246 e. The molecule has 1 saturated heterocycles. The van der Waals surface area contributed by atoms with Crippen LogP contribution in [0.5, 0.6) is 0 Å². The topological polar surface area (TPSA) is 164 Å². The van der Waals surface area contributed by atoms with E-state index in [1.165, 1.54) is 4.90 Å². The van der Waals surface area contributed by atoms with Crippen LogP contribution < -0.4 is 16.4 Å². The molecule has 3 aromatic rings. The number of ketones is 1. The second-order valence-electron chi connectivity index (χ2n) is 15.6. The molecule has 0 bridgehead atoms. The number of nitrogens with one attached hydrogen (secondary N) is 2. The Kier molecular flexibility index (Phi) is 17.9. The van der Waals surface area contributed by atoms with Crippen LogP contribution in [0, 0.1) is 12.3 Å². The molecule has 4 rings (SSSR count). The van der Waals surface area contributed by atoms with E-state index in [-0.39, 0.29) is 73.9 Å². The largest absolute Gasteiger partial charge is 0.391 e. The molecule has 3 amide bonds. The summed E-state index contributed by atoms with van der Waals surface area (Å²) < 4.78 is 5.93. The number of rotatable bonds is 19. The van der Waals surface area contributed by atoms with E-state index in [4.69, 9.17) is 10.5 Å². The van der Waals surface area contributed by atoms with Gasteiger partial charge < -0.3 is 31.1 Å². The number of aromatic nitrogens is 1. The second-order valence-corrected chi connectivity index (χ2v) is 16.5. The number of aryl methyl sites for hydroxylation is 3. The molecule has 1 aliphatic heterocycles. The maximum atomic E-state index is 14.0. The smallest absolute Gasteiger partial charge is 0.246 e. The van der Waals surface area contributed by atoms with Crippen molar-refractivity contribution in [1.82, 2.24) is 20.5 Å². The van der Waals surface area contributed by atoms with Crippen molar-refractivity contribution in [2.24, 2.45) is 11.1 Å². The number of aliphatic hydroxyl groups excluding tert-OH is 1. The Bertz CT molecular complexity index is 1690. The number of aliphatic hydroxyl groups is 1. The minimum absolute atomic E-state index is 0. The molecule has 13 heteroatoms. The van der Waals surface area contributed by atoms with Gasteiger partial charge in [-0.1, -0.05) is 69.3 Å². The number of unbranched alkanes of at least 4 members (excludes halogenated alkanes) is 1. The van der Waals surface area contributed by atoms with Crippen molar-refractivity contribution in [2.45, 2.75) is 129 Å². The molecule has 11 nitrogen and oxygen atoms in total. The molecule has 0 spiro atoms. The molecule has 0 unspecified atom stereocenters. The molecule has 1 fully saturated rings. The van der Waals surface area contributed by atoms with Crippen LogP contribution in [0.3, 0.4) is 0 Å². The lowest BCUT2D eigenvalue weighted by molar-refractivity contribution is -0.143. The van der Waals surface area contributed by atoms with Crippen molar-refractivity contribution in [1.29, 1.82) is 0 Å². The number of halogens is 1. The Labute approximate surface area is 336 Å². The molecule has 0 saturated carbocycles. The number of hydrogen-bond donors (Lipinski definition) is 4. The molecule has 1 aromatic heterocycles. The Morgan fingerprint density at radius 2 is 1.60 bits per heavy atom. The number of nitrogens with zero attached hydrogens (tertiary/aromatic N) is 2. The standard InChI is InChI=1S/C42H59N5O6S.ClH/c1-27-39(54-26-45-27)32-18-15-30(16-19-32)17-21-36(49)35-23-33(48)24-47(35)41(52)40(42(3,4)5)46-38(51)10-8-7-9-29-11-13-31(14-12-29)25-53-28(2)34(43)20-22-37(50)44-6;/h11-16,18-19,26,28,33-35,40,48H,7-10,17,20-25,43H2,1-6H3,(H,44,50)(H,46,51);1H/t28-,33-,34+,35+,40-;/m1./s1. The summed E-state index contributed by atoms with van der Waals surface area (Å²) >= 11 is 1.60. The zero-order valence-electron chi connectivity index (χ0n) is 33.1. The number of amides is 3. The summed E-state index contributed by atoms with van der Waals surface area (Å²) in [4.78, 5) is 59.0. The van der Waals surface area contributed by atoms with Crippen LogP contribution in [0.25, 0.3) is 10.4 Å². The highest BCUT2D eigenvalue weighted by atomic mass is 35.5. The van der Waals surface area contributed by atoms with Crippen LogP contribution >= 0.6 is 23.7 Å². The van der Waals surface area contributed by atoms with Crippen LogP contribution in [0.15, 0.2) is 54.0 Å². The second kappa shape index (κ2) is 21.6. The molecule has 5 atom stereocenters. The van der Waals surface area contributed by atoms with Gasteiger partial charge in [-0.25, -0.2) is 4.98 Å². The van der Waals surface area contributed by atoms with Gasteiger partial charge in [0, 0.05) is 45.3 Å². The van der Waals surface area contributed by atoms with Gasteiger partial charge in [0.15, 0.2) is 5.78 Å². The van der Waals surface area contributed by atoms with Gasteiger partial charge in [-0.2, -0.15) is 0 Å². The zero-order chi connectivity index (χ0) is 39.4. The predicted molar refractivity (Wildman–Crippen MR) is 220 cm³/mol. The molecular formula is C42H60ClN5O6S. The number of β-amino-alcohol motifs (C(OH)–C–C–N with tert-alkyl or cyclic N) is 1. The Hall–Kier alpha value is -3.68. The van der Waals surface area contributed by atoms with Gasteiger partial charge in [-0.3, -0.25) is 19.2 Å². The average molecular weight is 798 g/mol. The number of Topliss-reactive ketones (excluding diaryl/α,β-unsaturated/α-hetero) is 1. The SMILES string of the molecule is CNC(=O)CC[C@H](N)[C@@H](C)OCc1ccc(CCCCC(=O)N[C@H](C(=O)N2C[C@H](O)C[C@H]2C(=O)CCc2ccc(-c3scnc3C)cc2)C(C)(C)C)cc1.Cl. The summed E-state index contributed by atoms with van der Waals surface area (Å²) in [5.41, 5.74) is 12.7. The normalized spacial score (nSPS) is 17.2. The third kappa shape index (κ3) is 13.8. The number of carbonyl (C=O) groups is 4. The number of benzene rings is 2. The molecular weight excluding hydrogens is 738 g/mol. The van der Waals surface area contributed by atoms with Crippen molar-refractivity contribution in [3.8, 4) is 10.4 Å². The number of hydrogen-bond acceptors (Lipinski definition) is 9. The quantitative estimate of drug-likeness (QED) is 0.112. The lowest BCUT2D eigenvalue weighted by atomic mass is 9.85. The average Bonchev–Trinajstić information content (AvgIpc) is 3.77. The van der Waals surface area contributed by atoms with E-state index in [1.807, 2.05) is 76.5 Å². The first kappa shape index (κ1) is 45.7. The fourth-order valence-corrected chi connectivity index (χ4v) is 7.48. The van der Waals surface area contributed by atoms with Crippen LogP contribution in [0.2, 0.25) is 0 Å². The van der Waals surface area contributed by atoms with Crippen molar-refractivity contribution in [3.63, 3.8) is 0 Å². The minimum atomic E-state index is -0.837. The molecule has 0 aliphatic carbocycles. The van der Waals surface area contributed by atoms with E-state index in [0.717, 1.165) is 45.7 Å². The van der Waals surface area contributed by atoms with E-state index < -0.39 is 23.6 Å². The minimum Gasteiger partial charge on any atom is -0.391 e. The van der Waals surface area contributed by atoms with Gasteiger partial charge in [-0.15, -0.1) is 23.7 Å². The highest BCUT2D eigenvalue weighted by Gasteiger charge is 2.44. The summed E-state index contributed by atoms with van der Waals surface area (Å²) in [5.74, 6) is -0.666. The molecule has 2 aromatic carbocycles. The van der Waals surface area contributed by atoms with E-state index in [9.17, 15) is 24.3 Å². The Morgan fingerprint density at radius 3 is 2.22 bits per heavy atom. The Morgan fingerprint density at radius 1 is 0.964 bits per heavy atom. The van der Waals surface area contributed by atoms with Crippen molar-refractivity contribution in [3.05, 3.63) is 76.4 Å². The van der Waals surface area contributed by atoms with Gasteiger partial charge in [0.2, 0.25) is 17.7 Å². The van der Waals surface area contributed by atoms with E-state index in [2.05, 4.69) is 27.8 Å². The third-order valence-electron chi connectivity index (χ3n) is 10.2. The van der Waals surface area contributed by atoms with Crippen LogP contribution in [0.4, 0.5) is 0 Å². The molecule has 2 heterocycles. The summed E-state index contributed by atoms with van der Waals surface area (Å²) in [6.45, 7) is 10.1. The van der Waals surface area contributed by atoms with Crippen molar-refractivity contribution in [2.75, 3.05) is 13.6 Å². The van der Waals surface area contributed by atoms with Crippen molar-refractivity contribution < 1.29 is 29.0 Å². The summed E-state index contributed by atoms with van der Waals surface area (Å²) in [6.07, 6.45) is 3.47. The number of likely N-dealkylation sites (tertiary alicyclic amines) is 1. The fourth-order valence-electron chi connectivity index (χ4n) is 6.67.